The van der Waals surface area contributed by atoms with Gasteiger partial charge in [0, 0.05) is 56.8 Å². The number of aromatic nitrogens is 2. The van der Waals surface area contributed by atoms with Gasteiger partial charge in [-0.2, -0.15) is 27.0 Å². The van der Waals surface area contributed by atoms with Gasteiger partial charge in [-0.25, -0.2) is 5.43 Å². The number of aliphatic hydroxyl groups is 1. The fourth-order valence-electron chi connectivity index (χ4n) is 5.58. The van der Waals surface area contributed by atoms with Gasteiger partial charge in [0.05, 0.1) is 19.9 Å². The Morgan fingerprint density at radius 3 is 2.50 bits per heavy atom. The van der Waals surface area contributed by atoms with Crippen LogP contribution in [-0.4, -0.2) is 96.3 Å². The van der Waals surface area contributed by atoms with Crippen LogP contribution in [0.15, 0.2) is 6.07 Å². The second-order valence-electron chi connectivity index (χ2n) is 9.76. The van der Waals surface area contributed by atoms with E-state index in [2.05, 4.69) is 26.1 Å². The van der Waals surface area contributed by atoms with Crippen molar-refractivity contribution in [2.75, 3.05) is 44.1 Å². The summed E-state index contributed by atoms with van der Waals surface area (Å²) >= 11 is 0. The molecule has 0 aliphatic carbocycles. The minimum absolute atomic E-state index is 0.0120. The summed E-state index contributed by atoms with van der Waals surface area (Å²) in [5.74, 6) is 1.64. The molecule has 13 heteroatoms. The third kappa shape index (κ3) is 4.56. The monoisotopic (exact) mass is 496 g/mol. The first-order chi connectivity index (χ1) is 16.4. The fraction of sp³-hybridized carbons (Fsp3) is 0.810. The zero-order chi connectivity index (χ0) is 23.9. The first-order valence-corrected chi connectivity index (χ1v) is 13.6. The topological polar surface area (TPSA) is 135 Å². The van der Waals surface area contributed by atoms with Gasteiger partial charge in [0.25, 0.3) is 10.2 Å². The molecule has 5 heterocycles. The van der Waals surface area contributed by atoms with Crippen LogP contribution in [0.2, 0.25) is 0 Å². The second-order valence-corrected chi connectivity index (χ2v) is 11.6. The Morgan fingerprint density at radius 2 is 1.91 bits per heavy atom. The number of piperidine rings is 2. The molecule has 5 atom stereocenters. The average molecular weight is 497 g/mol. The first-order valence-electron chi connectivity index (χ1n) is 12.2. The molecule has 0 aromatic carbocycles. The van der Waals surface area contributed by atoms with Crippen LogP contribution in [0.4, 0.5) is 11.8 Å². The Bertz CT molecular complexity index is 964. The first kappa shape index (κ1) is 23.9. The summed E-state index contributed by atoms with van der Waals surface area (Å²) in [5, 5.41) is 12.7. The third-order valence-electron chi connectivity index (χ3n) is 7.58. The smallest absolute Gasteiger partial charge is 0.282 e. The number of ether oxygens (including phenoxy) is 1. The van der Waals surface area contributed by atoms with E-state index in [9.17, 15) is 13.5 Å². The Hall–Kier alpha value is -1.77. The van der Waals surface area contributed by atoms with Gasteiger partial charge >= 0.3 is 0 Å². The van der Waals surface area contributed by atoms with Crippen LogP contribution in [0, 0.1) is 0 Å². The number of hydrogen-bond acceptors (Lipinski definition) is 10. The lowest BCUT2D eigenvalue weighted by Crippen LogP contribution is -2.62. The van der Waals surface area contributed by atoms with E-state index >= 15 is 0 Å². The van der Waals surface area contributed by atoms with Gasteiger partial charge < -0.3 is 20.1 Å². The summed E-state index contributed by atoms with van der Waals surface area (Å²) in [4.78, 5) is 11.4. The standard InChI is InChI=1S/C21H36N8O4S/c1-27(21-23-18(12-20(24-21)33-2)22-19-9-14(13-30)25-26-19)17-10-15-5-3-6-16(11-17)29(15)34(31,32)28-7-4-8-28/h12,14-17,19,25-26,30H,3-11,13H2,1-2H3,(H,22,23,24)/t14?,15-,16+,17?,19?. The quantitative estimate of drug-likeness (QED) is 0.385. The van der Waals surface area contributed by atoms with E-state index in [-0.39, 0.29) is 36.9 Å². The Balaban J connectivity index is 1.32. The van der Waals surface area contributed by atoms with Crippen LogP contribution in [-0.2, 0) is 10.2 Å². The van der Waals surface area contributed by atoms with Gasteiger partial charge in [0.2, 0.25) is 11.8 Å². The molecule has 190 valence electrons. The van der Waals surface area contributed by atoms with Crippen molar-refractivity contribution < 1.29 is 18.3 Å². The van der Waals surface area contributed by atoms with Gasteiger partial charge in [-0.3, -0.25) is 5.43 Å². The number of anilines is 2. The molecule has 1 aromatic heterocycles. The summed E-state index contributed by atoms with van der Waals surface area (Å²) < 4.78 is 35.3. The van der Waals surface area contributed by atoms with E-state index in [1.165, 1.54) is 0 Å². The maximum absolute atomic E-state index is 13.2. The number of methoxy groups -OCH3 is 1. The number of aliphatic hydroxyl groups excluding tert-OH is 1. The minimum Gasteiger partial charge on any atom is -0.481 e. The summed E-state index contributed by atoms with van der Waals surface area (Å²) in [6.45, 7) is 1.33. The van der Waals surface area contributed by atoms with Gasteiger partial charge in [0.1, 0.15) is 5.82 Å². The number of hydrogen-bond donors (Lipinski definition) is 4. The summed E-state index contributed by atoms with van der Waals surface area (Å²) in [6.07, 6.45) is 5.96. The summed E-state index contributed by atoms with van der Waals surface area (Å²) in [6, 6.07) is 1.90. The van der Waals surface area contributed by atoms with Crippen molar-refractivity contribution >= 4 is 22.0 Å². The van der Waals surface area contributed by atoms with Crippen LogP contribution in [0.5, 0.6) is 5.88 Å². The molecule has 0 radical (unpaired) electrons. The lowest BCUT2D eigenvalue weighted by Gasteiger charge is -2.51. The van der Waals surface area contributed by atoms with Crippen LogP contribution in [0.3, 0.4) is 0 Å². The summed E-state index contributed by atoms with van der Waals surface area (Å²) in [7, 11) is 0.182. The maximum atomic E-state index is 13.2. The van der Waals surface area contributed by atoms with E-state index in [1.54, 1.807) is 17.5 Å². The Labute approximate surface area is 201 Å². The average Bonchev–Trinajstić information content (AvgIpc) is 3.23. The van der Waals surface area contributed by atoms with Crippen LogP contribution in [0.25, 0.3) is 0 Å². The minimum atomic E-state index is -3.38. The Morgan fingerprint density at radius 1 is 1.18 bits per heavy atom. The van der Waals surface area contributed by atoms with E-state index in [4.69, 9.17) is 9.72 Å². The number of nitrogens with zero attached hydrogens (tertiary/aromatic N) is 5. The van der Waals surface area contributed by atoms with Crippen LogP contribution < -0.4 is 25.8 Å². The zero-order valence-corrected chi connectivity index (χ0v) is 20.7. The molecule has 0 saturated carbocycles. The third-order valence-corrected chi connectivity index (χ3v) is 9.72. The molecule has 4 aliphatic rings. The van der Waals surface area contributed by atoms with Crippen molar-refractivity contribution in [3.05, 3.63) is 6.07 Å². The van der Waals surface area contributed by atoms with Crippen molar-refractivity contribution in [2.45, 2.75) is 75.3 Å². The molecule has 1 aromatic rings. The normalized spacial score (nSPS) is 32.3. The largest absolute Gasteiger partial charge is 0.481 e. The van der Waals surface area contributed by atoms with Crippen molar-refractivity contribution in [2.24, 2.45) is 0 Å². The highest BCUT2D eigenvalue weighted by atomic mass is 32.2. The lowest BCUT2D eigenvalue weighted by molar-refractivity contribution is 0.0965. The van der Waals surface area contributed by atoms with Crippen LogP contribution >= 0.6 is 0 Å². The highest BCUT2D eigenvalue weighted by molar-refractivity contribution is 7.86. The Kier molecular flexibility index (Phi) is 6.84. The van der Waals surface area contributed by atoms with Gasteiger partial charge in [0.15, 0.2) is 0 Å². The lowest BCUT2D eigenvalue weighted by atomic mass is 9.83. The van der Waals surface area contributed by atoms with Crippen molar-refractivity contribution in [3.8, 4) is 5.88 Å². The van der Waals surface area contributed by atoms with Crippen molar-refractivity contribution in [1.29, 1.82) is 0 Å². The molecule has 2 bridgehead atoms. The highest BCUT2D eigenvalue weighted by Gasteiger charge is 2.48. The van der Waals surface area contributed by atoms with Gasteiger partial charge in [-0.15, -0.1) is 0 Å². The highest BCUT2D eigenvalue weighted by Crippen LogP contribution is 2.40. The molecule has 5 rings (SSSR count). The molecule has 0 amide bonds. The van der Waals surface area contributed by atoms with Crippen LogP contribution in [0.1, 0.15) is 44.9 Å². The van der Waals surface area contributed by atoms with E-state index < -0.39 is 10.2 Å². The molecular formula is C21H36N8O4S. The molecule has 3 unspecified atom stereocenters. The predicted octanol–water partition coefficient (Wildman–Crippen LogP) is -0.146. The number of rotatable bonds is 8. The number of nitrogens with one attached hydrogen (secondary N) is 3. The van der Waals surface area contributed by atoms with Gasteiger partial charge in [-0.1, -0.05) is 6.42 Å². The molecule has 4 saturated heterocycles. The molecule has 0 spiro atoms. The van der Waals surface area contributed by atoms with Crippen molar-refractivity contribution in [1.82, 2.24) is 29.4 Å². The SMILES string of the molecule is COc1cc(NC2CC(CO)NN2)nc(N(C)C2C[C@H]3CCC[C@@H](C2)N3S(=O)(=O)N2CCC2)n1. The maximum Gasteiger partial charge on any atom is 0.282 e. The fourth-order valence-corrected chi connectivity index (χ4v) is 7.70. The molecule has 4 aliphatic heterocycles. The molecular weight excluding hydrogens is 460 g/mol. The second kappa shape index (κ2) is 9.70. The summed E-state index contributed by atoms with van der Waals surface area (Å²) in [5.41, 5.74) is 6.16. The molecule has 12 nitrogen and oxygen atoms in total. The van der Waals surface area contributed by atoms with Gasteiger partial charge in [-0.05, 0) is 32.1 Å². The van der Waals surface area contributed by atoms with E-state index in [1.807, 2.05) is 11.4 Å². The van der Waals surface area contributed by atoms with Crippen molar-refractivity contribution in [3.63, 3.8) is 0 Å². The number of fused-ring (bicyclic) bond motifs is 2. The zero-order valence-electron chi connectivity index (χ0n) is 19.9. The molecule has 34 heavy (non-hydrogen) atoms. The molecule has 4 N–H and O–H groups in total. The van der Waals surface area contributed by atoms with E-state index in [0.29, 0.717) is 37.2 Å². The molecule has 4 fully saturated rings. The number of hydrazine groups is 1. The predicted molar refractivity (Wildman–Crippen MR) is 128 cm³/mol. The van der Waals surface area contributed by atoms with E-state index in [0.717, 1.165) is 38.5 Å².